The average molecular weight is 293 g/mol. The van der Waals surface area contributed by atoms with Gasteiger partial charge in [-0.05, 0) is 69.2 Å². The average Bonchev–Trinajstić information content (AvgIpc) is 2.45. The van der Waals surface area contributed by atoms with Gasteiger partial charge in [0.2, 0.25) is 0 Å². The first-order valence-corrected chi connectivity index (χ1v) is 7.75. The first-order valence-electron chi connectivity index (χ1n) is 7.75. The third-order valence-corrected chi connectivity index (χ3v) is 4.38. The van der Waals surface area contributed by atoms with Crippen molar-refractivity contribution in [3.63, 3.8) is 0 Å². The molecule has 21 heavy (non-hydrogen) atoms. The molecule has 1 aromatic rings. The normalized spacial score (nSPS) is 23.7. The molecule has 0 heterocycles. The number of hydrogen-bond acceptors (Lipinski definition) is 2. The molecule has 1 saturated carbocycles. The molecule has 116 valence electrons. The van der Waals surface area contributed by atoms with Crippen molar-refractivity contribution >= 4 is 5.97 Å². The fourth-order valence-electron chi connectivity index (χ4n) is 3.07. The highest BCUT2D eigenvalue weighted by atomic mass is 19.1. The predicted octanol–water partition coefficient (Wildman–Crippen LogP) is 3.24. The molecule has 0 radical (unpaired) electrons. The van der Waals surface area contributed by atoms with E-state index in [1.807, 2.05) is 6.07 Å². The number of rotatable bonds is 6. The summed E-state index contributed by atoms with van der Waals surface area (Å²) in [4.78, 5) is 10.9. The van der Waals surface area contributed by atoms with E-state index in [0.29, 0.717) is 12.0 Å². The summed E-state index contributed by atoms with van der Waals surface area (Å²) in [6.45, 7) is 3.02. The third kappa shape index (κ3) is 5.12. The van der Waals surface area contributed by atoms with Crippen LogP contribution in [-0.4, -0.2) is 23.7 Å². The van der Waals surface area contributed by atoms with Gasteiger partial charge in [0.05, 0.1) is 5.92 Å². The van der Waals surface area contributed by atoms with Gasteiger partial charge >= 0.3 is 5.97 Å². The molecule has 3 nitrogen and oxygen atoms in total. The van der Waals surface area contributed by atoms with Crippen molar-refractivity contribution in [3.05, 3.63) is 35.6 Å². The van der Waals surface area contributed by atoms with E-state index in [1.165, 1.54) is 6.07 Å². The Hall–Kier alpha value is -1.42. The van der Waals surface area contributed by atoms with Gasteiger partial charge in [0.1, 0.15) is 5.82 Å². The van der Waals surface area contributed by atoms with E-state index in [0.717, 1.165) is 44.2 Å². The van der Waals surface area contributed by atoms with Crippen LogP contribution in [-0.2, 0) is 11.2 Å². The maximum atomic E-state index is 13.1. The van der Waals surface area contributed by atoms with Gasteiger partial charge in [0.25, 0.3) is 0 Å². The number of carboxylic acids is 1. The Morgan fingerprint density at radius 3 is 2.71 bits per heavy atom. The Bertz CT molecular complexity index is 470. The molecule has 0 bridgehead atoms. The molecule has 1 fully saturated rings. The molecule has 0 aliphatic heterocycles. The molecule has 0 spiro atoms. The summed E-state index contributed by atoms with van der Waals surface area (Å²) in [5.74, 6) is -0.422. The van der Waals surface area contributed by atoms with Crippen molar-refractivity contribution < 1.29 is 14.3 Å². The van der Waals surface area contributed by atoms with Gasteiger partial charge in [0, 0.05) is 6.04 Å². The fourth-order valence-corrected chi connectivity index (χ4v) is 3.07. The summed E-state index contributed by atoms with van der Waals surface area (Å²) in [5, 5.41) is 12.5. The predicted molar refractivity (Wildman–Crippen MR) is 80.7 cm³/mol. The maximum Gasteiger partial charge on any atom is 0.306 e. The van der Waals surface area contributed by atoms with Crippen LogP contribution in [0.4, 0.5) is 4.39 Å². The molecular formula is C17H24FNO2. The third-order valence-electron chi connectivity index (χ3n) is 4.38. The lowest BCUT2D eigenvalue weighted by molar-refractivity contribution is -0.143. The van der Waals surface area contributed by atoms with Gasteiger partial charge in [-0.2, -0.15) is 0 Å². The zero-order valence-corrected chi connectivity index (χ0v) is 12.5. The molecule has 1 unspecified atom stereocenters. The Morgan fingerprint density at radius 2 is 2.10 bits per heavy atom. The summed E-state index contributed by atoms with van der Waals surface area (Å²) in [5.41, 5.74) is 1.00. The standard InChI is InChI=1S/C17H24FNO2/c1-12(9-14-3-2-4-16(18)10-14)19-11-13-5-7-15(8-6-13)17(20)21/h2-4,10,12-13,15,19H,5-9,11H2,1H3,(H,20,21). The molecule has 0 amide bonds. The summed E-state index contributed by atoms with van der Waals surface area (Å²) in [6.07, 6.45) is 4.36. The number of hydrogen-bond donors (Lipinski definition) is 2. The van der Waals surface area contributed by atoms with E-state index in [4.69, 9.17) is 5.11 Å². The first-order chi connectivity index (χ1) is 10.0. The van der Waals surface area contributed by atoms with Crippen LogP contribution in [0.15, 0.2) is 24.3 Å². The highest BCUT2D eigenvalue weighted by Crippen LogP contribution is 2.28. The lowest BCUT2D eigenvalue weighted by Gasteiger charge is -2.27. The highest BCUT2D eigenvalue weighted by Gasteiger charge is 2.25. The molecule has 0 aromatic heterocycles. The lowest BCUT2D eigenvalue weighted by Crippen LogP contribution is -2.34. The van der Waals surface area contributed by atoms with Crippen LogP contribution in [0.2, 0.25) is 0 Å². The summed E-state index contributed by atoms with van der Waals surface area (Å²) < 4.78 is 13.1. The second kappa shape index (κ2) is 7.55. The smallest absolute Gasteiger partial charge is 0.306 e. The van der Waals surface area contributed by atoms with Crippen molar-refractivity contribution in [2.24, 2.45) is 11.8 Å². The van der Waals surface area contributed by atoms with E-state index >= 15 is 0 Å². The fraction of sp³-hybridized carbons (Fsp3) is 0.588. The van der Waals surface area contributed by atoms with Crippen molar-refractivity contribution in [3.8, 4) is 0 Å². The summed E-state index contributed by atoms with van der Waals surface area (Å²) in [7, 11) is 0. The van der Waals surface area contributed by atoms with Crippen LogP contribution in [0.5, 0.6) is 0 Å². The van der Waals surface area contributed by atoms with Gasteiger partial charge in [-0.25, -0.2) is 4.39 Å². The minimum Gasteiger partial charge on any atom is -0.481 e. The van der Waals surface area contributed by atoms with E-state index in [2.05, 4.69) is 12.2 Å². The number of carbonyl (C=O) groups is 1. The van der Waals surface area contributed by atoms with Crippen LogP contribution < -0.4 is 5.32 Å². The summed E-state index contributed by atoms with van der Waals surface area (Å²) in [6, 6.07) is 7.02. The number of nitrogens with one attached hydrogen (secondary N) is 1. The molecule has 1 atom stereocenters. The van der Waals surface area contributed by atoms with E-state index in [1.54, 1.807) is 12.1 Å². The SMILES string of the molecule is CC(Cc1cccc(F)c1)NCC1CCC(C(=O)O)CC1. The zero-order valence-electron chi connectivity index (χ0n) is 12.5. The van der Waals surface area contributed by atoms with Crippen LogP contribution in [0, 0.1) is 17.7 Å². The lowest BCUT2D eigenvalue weighted by atomic mass is 9.82. The molecule has 1 aliphatic carbocycles. The van der Waals surface area contributed by atoms with Crippen LogP contribution in [0.3, 0.4) is 0 Å². The Morgan fingerprint density at radius 1 is 1.38 bits per heavy atom. The van der Waals surface area contributed by atoms with E-state index in [-0.39, 0.29) is 11.7 Å². The quantitative estimate of drug-likeness (QED) is 0.846. The maximum absolute atomic E-state index is 13.1. The number of halogens is 1. The van der Waals surface area contributed by atoms with Crippen molar-refractivity contribution in [2.75, 3.05) is 6.54 Å². The molecule has 1 aromatic carbocycles. The van der Waals surface area contributed by atoms with E-state index < -0.39 is 5.97 Å². The van der Waals surface area contributed by atoms with Gasteiger partial charge in [-0.1, -0.05) is 12.1 Å². The molecule has 2 rings (SSSR count). The Kier molecular flexibility index (Phi) is 5.74. The largest absolute Gasteiger partial charge is 0.481 e. The van der Waals surface area contributed by atoms with Crippen LogP contribution in [0.25, 0.3) is 0 Å². The van der Waals surface area contributed by atoms with Gasteiger partial charge in [0.15, 0.2) is 0 Å². The topological polar surface area (TPSA) is 49.3 Å². The number of carboxylic acid groups (broad SMARTS) is 1. The minimum atomic E-state index is -0.652. The molecule has 0 saturated heterocycles. The van der Waals surface area contributed by atoms with Crippen LogP contribution >= 0.6 is 0 Å². The van der Waals surface area contributed by atoms with Gasteiger partial charge in [-0.3, -0.25) is 4.79 Å². The molecule has 2 N–H and O–H groups in total. The summed E-state index contributed by atoms with van der Waals surface area (Å²) >= 11 is 0. The second-order valence-electron chi connectivity index (χ2n) is 6.20. The van der Waals surface area contributed by atoms with Gasteiger partial charge < -0.3 is 10.4 Å². The van der Waals surface area contributed by atoms with Crippen LogP contribution in [0.1, 0.15) is 38.2 Å². The monoisotopic (exact) mass is 293 g/mol. The van der Waals surface area contributed by atoms with Crippen molar-refractivity contribution in [1.29, 1.82) is 0 Å². The van der Waals surface area contributed by atoms with E-state index in [9.17, 15) is 9.18 Å². The Balaban J connectivity index is 1.70. The second-order valence-corrected chi connectivity index (χ2v) is 6.20. The Labute approximate surface area is 125 Å². The molecule has 1 aliphatic rings. The molecular weight excluding hydrogens is 269 g/mol. The minimum absolute atomic E-state index is 0.147. The number of benzene rings is 1. The molecule has 4 heteroatoms. The van der Waals surface area contributed by atoms with Gasteiger partial charge in [-0.15, -0.1) is 0 Å². The van der Waals surface area contributed by atoms with Crippen molar-refractivity contribution in [1.82, 2.24) is 5.32 Å². The first kappa shape index (κ1) is 16.0. The highest BCUT2D eigenvalue weighted by molar-refractivity contribution is 5.69. The number of aliphatic carboxylic acids is 1. The van der Waals surface area contributed by atoms with Crippen molar-refractivity contribution in [2.45, 2.75) is 45.1 Å². The zero-order chi connectivity index (χ0) is 15.2.